The molecular formula is C8H6N4O. The van der Waals surface area contributed by atoms with Crippen molar-refractivity contribution in [1.82, 2.24) is 14.6 Å². The highest BCUT2D eigenvalue weighted by atomic mass is 16.3. The Morgan fingerprint density at radius 2 is 2.46 bits per heavy atom. The third kappa shape index (κ3) is 1.23. The van der Waals surface area contributed by atoms with Crippen molar-refractivity contribution >= 4 is 5.65 Å². The number of nitriles is 1. The van der Waals surface area contributed by atoms with Gasteiger partial charge in [0.05, 0.1) is 24.1 Å². The molecule has 5 heteroatoms. The second kappa shape index (κ2) is 2.84. The van der Waals surface area contributed by atoms with Gasteiger partial charge in [0.2, 0.25) is 0 Å². The molecule has 0 unspecified atom stereocenters. The molecule has 13 heavy (non-hydrogen) atoms. The average molecular weight is 174 g/mol. The molecule has 5 nitrogen and oxygen atoms in total. The highest BCUT2D eigenvalue weighted by Crippen LogP contribution is 2.04. The monoisotopic (exact) mass is 174 g/mol. The quantitative estimate of drug-likeness (QED) is 0.665. The van der Waals surface area contributed by atoms with Crippen molar-refractivity contribution in [3.05, 3.63) is 29.7 Å². The number of fused-ring (bicyclic) bond motifs is 1. The van der Waals surface area contributed by atoms with Crippen LogP contribution in [-0.2, 0) is 6.61 Å². The summed E-state index contributed by atoms with van der Waals surface area (Å²) < 4.78 is 1.48. The summed E-state index contributed by atoms with van der Waals surface area (Å²) in [7, 11) is 0. The Bertz CT molecular complexity index is 482. The lowest BCUT2D eigenvalue weighted by Gasteiger charge is -1.90. The minimum absolute atomic E-state index is 0.120. The first-order valence-corrected chi connectivity index (χ1v) is 3.69. The zero-order valence-electron chi connectivity index (χ0n) is 6.68. The summed E-state index contributed by atoms with van der Waals surface area (Å²) in [4.78, 5) is 3.99. The third-order valence-electron chi connectivity index (χ3n) is 1.65. The number of hydrogen-bond donors (Lipinski definition) is 1. The lowest BCUT2D eigenvalue weighted by atomic mass is 10.4. The smallest absolute Gasteiger partial charge is 0.155 e. The van der Waals surface area contributed by atoms with E-state index in [1.807, 2.05) is 6.07 Å². The Balaban J connectivity index is 2.65. The SMILES string of the molecule is N#Cc1cnc2cc(CO)nn2c1. The van der Waals surface area contributed by atoms with Crippen LogP contribution >= 0.6 is 0 Å². The molecule has 0 aliphatic heterocycles. The van der Waals surface area contributed by atoms with E-state index in [2.05, 4.69) is 10.1 Å². The number of rotatable bonds is 1. The highest BCUT2D eigenvalue weighted by Gasteiger charge is 2.01. The van der Waals surface area contributed by atoms with Crippen LogP contribution in [0.5, 0.6) is 0 Å². The Morgan fingerprint density at radius 3 is 3.15 bits per heavy atom. The standard InChI is InChI=1S/C8H6N4O/c9-2-6-3-10-8-1-7(5-13)11-12(8)4-6/h1,3-4,13H,5H2. The molecule has 2 aromatic rings. The fourth-order valence-corrected chi connectivity index (χ4v) is 1.06. The second-order valence-electron chi connectivity index (χ2n) is 2.55. The average Bonchev–Trinajstić information content (AvgIpc) is 2.58. The summed E-state index contributed by atoms with van der Waals surface area (Å²) in [5.74, 6) is 0. The Morgan fingerprint density at radius 1 is 1.62 bits per heavy atom. The summed E-state index contributed by atoms with van der Waals surface area (Å²) in [5.41, 5.74) is 1.62. The van der Waals surface area contributed by atoms with Gasteiger partial charge in [-0.05, 0) is 0 Å². The van der Waals surface area contributed by atoms with Crippen molar-refractivity contribution in [2.45, 2.75) is 6.61 Å². The molecule has 2 heterocycles. The summed E-state index contributed by atoms with van der Waals surface area (Å²) in [6.45, 7) is -0.120. The van der Waals surface area contributed by atoms with E-state index in [0.29, 0.717) is 16.9 Å². The molecule has 0 aliphatic rings. The van der Waals surface area contributed by atoms with Gasteiger partial charge in [0.1, 0.15) is 6.07 Å². The van der Waals surface area contributed by atoms with E-state index < -0.39 is 0 Å². The number of aliphatic hydroxyl groups is 1. The highest BCUT2D eigenvalue weighted by molar-refractivity contribution is 5.41. The molecule has 2 rings (SSSR count). The van der Waals surface area contributed by atoms with Gasteiger partial charge in [0, 0.05) is 12.3 Å². The molecule has 0 aromatic carbocycles. The zero-order chi connectivity index (χ0) is 9.26. The van der Waals surface area contributed by atoms with Crippen LogP contribution in [0.15, 0.2) is 18.5 Å². The van der Waals surface area contributed by atoms with E-state index in [-0.39, 0.29) is 6.61 Å². The van der Waals surface area contributed by atoms with Gasteiger partial charge in [-0.1, -0.05) is 0 Å². The van der Waals surface area contributed by atoms with Crippen LogP contribution in [0, 0.1) is 11.3 Å². The van der Waals surface area contributed by atoms with Crippen molar-refractivity contribution in [3.63, 3.8) is 0 Å². The van der Waals surface area contributed by atoms with E-state index in [9.17, 15) is 0 Å². The van der Waals surface area contributed by atoms with Gasteiger partial charge in [-0.15, -0.1) is 0 Å². The molecule has 64 valence electrons. The van der Waals surface area contributed by atoms with E-state index in [1.54, 1.807) is 12.3 Å². The molecule has 0 aliphatic carbocycles. The van der Waals surface area contributed by atoms with Crippen molar-refractivity contribution < 1.29 is 5.11 Å². The van der Waals surface area contributed by atoms with Crippen LogP contribution < -0.4 is 0 Å². The van der Waals surface area contributed by atoms with Crippen LogP contribution in [0.1, 0.15) is 11.3 Å². The molecule has 2 aromatic heterocycles. The Hall–Kier alpha value is -1.93. The fraction of sp³-hybridized carbons (Fsp3) is 0.125. The Labute approximate surface area is 73.9 Å². The molecule has 0 saturated carbocycles. The number of aliphatic hydroxyl groups excluding tert-OH is 1. The predicted octanol–water partition coefficient (Wildman–Crippen LogP) is 0.0933. The van der Waals surface area contributed by atoms with Crippen LogP contribution in [-0.4, -0.2) is 19.7 Å². The maximum absolute atomic E-state index is 8.80. The molecule has 0 atom stereocenters. The van der Waals surface area contributed by atoms with Crippen LogP contribution in [0.4, 0.5) is 0 Å². The lowest BCUT2D eigenvalue weighted by molar-refractivity contribution is 0.276. The van der Waals surface area contributed by atoms with Gasteiger partial charge in [-0.25, -0.2) is 9.50 Å². The zero-order valence-corrected chi connectivity index (χ0v) is 6.68. The topological polar surface area (TPSA) is 74.2 Å². The molecule has 0 bridgehead atoms. The van der Waals surface area contributed by atoms with E-state index >= 15 is 0 Å². The maximum Gasteiger partial charge on any atom is 0.155 e. The first kappa shape index (κ1) is 7.71. The second-order valence-corrected chi connectivity index (χ2v) is 2.55. The molecule has 0 fully saturated rings. The van der Waals surface area contributed by atoms with Crippen molar-refractivity contribution in [1.29, 1.82) is 5.26 Å². The van der Waals surface area contributed by atoms with Gasteiger partial charge < -0.3 is 5.11 Å². The van der Waals surface area contributed by atoms with Gasteiger partial charge in [0.15, 0.2) is 5.65 Å². The largest absolute Gasteiger partial charge is 0.390 e. The van der Waals surface area contributed by atoms with Crippen LogP contribution in [0.2, 0.25) is 0 Å². The molecule has 0 saturated heterocycles. The summed E-state index contributed by atoms with van der Waals surface area (Å²) in [6.07, 6.45) is 3.04. The minimum atomic E-state index is -0.120. The summed E-state index contributed by atoms with van der Waals surface area (Å²) >= 11 is 0. The van der Waals surface area contributed by atoms with E-state index in [1.165, 1.54) is 10.7 Å². The molecular weight excluding hydrogens is 168 g/mol. The van der Waals surface area contributed by atoms with Gasteiger partial charge in [-0.3, -0.25) is 0 Å². The third-order valence-corrected chi connectivity index (χ3v) is 1.65. The van der Waals surface area contributed by atoms with Gasteiger partial charge in [0.25, 0.3) is 0 Å². The van der Waals surface area contributed by atoms with E-state index in [0.717, 1.165) is 0 Å². The maximum atomic E-state index is 8.80. The van der Waals surface area contributed by atoms with Crippen LogP contribution in [0.3, 0.4) is 0 Å². The number of aromatic nitrogens is 3. The molecule has 1 N–H and O–H groups in total. The molecule has 0 amide bonds. The lowest BCUT2D eigenvalue weighted by Crippen LogP contribution is -1.91. The Kier molecular flexibility index (Phi) is 1.69. The molecule has 0 spiro atoms. The first-order valence-electron chi connectivity index (χ1n) is 3.69. The normalized spacial score (nSPS) is 10.2. The molecule has 0 radical (unpaired) electrons. The minimum Gasteiger partial charge on any atom is -0.390 e. The van der Waals surface area contributed by atoms with Gasteiger partial charge in [-0.2, -0.15) is 10.4 Å². The van der Waals surface area contributed by atoms with Crippen molar-refractivity contribution in [2.75, 3.05) is 0 Å². The van der Waals surface area contributed by atoms with Gasteiger partial charge >= 0.3 is 0 Å². The van der Waals surface area contributed by atoms with Crippen LogP contribution in [0.25, 0.3) is 5.65 Å². The number of hydrogen-bond acceptors (Lipinski definition) is 4. The van der Waals surface area contributed by atoms with Crippen molar-refractivity contribution in [2.24, 2.45) is 0 Å². The fourth-order valence-electron chi connectivity index (χ4n) is 1.06. The van der Waals surface area contributed by atoms with Crippen molar-refractivity contribution in [3.8, 4) is 6.07 Å². The number of nitrogens with zero attached hydrogens (tertiary/aromatic N) is 4. The summed E-state index contributed by atoms with van der Waals surface area (Å²) in [5, 5.41) is 21.4. The summed E-state index contributed by atoms with van der Waals surface area (Å²) in [6, 6.07) is 3.63. The predicted molar refractivity (Wildman–Crippen MR) is 43.6 cm³/mol. The first-order chi connectivity index (χ1) is 6.33. The van der Waals surface area contributed by atoms with E-state index in [4.69, 9.17) is 10.4 Å².